The quantitative estimate of drug-likeness (QED) is 0.857. The van der Waals surface area contributed by atoms with Gasteiger partial charge in [-0.05, 0) is 31.0 Å². The number of H-pyrrole nitrogens is 1. The van der Waals surface area contributed by atoms with Gasteiger partial charge in [-0.1, -0.05) is 30.3 Å². The van der Waals surface area contributed by atoms with Crippen molar-refractivity contribution in [2.75, 3.05) is 13.1 Å². The van der Waals surface area contributed by atoms with Crippen molar-refractivity contribution in [2.24, 2.45) is 5.92 Å². The third-order valence-corrected chi connectivity index (χ3v) is 3.48. The first-order chi connectivity index (χ1) is 8.83. The normalized spacial score (nSPS) is 19.2. The lowest BCUT2D eigenvalue weighted by molar-refractivity contribution is 0.448. The van der Waals surface area contributed by atoms with Gasteiger partial charge in [-0.2, -0.15) is 0 Å². The monoisotopic (exact) mass is 243 g/mol. The van der Waals surface area contributed by atoms with Crippen LogP contribution < -0.4 is 10.9 Å². The van der Waals surface area contributed by atoms with Crippen LogP contribution in [0.4, 0.5) is 0 Å². The Morgan fingerprint density at radius 2 is 2.11 bits per heavy atom. The smallest absolute Gasteiger partial charge is 0.271 e. The molecule has 1 aliphatic heterocycles. The summed E-state index contributed by atoms with van der Waals surface area (Å²) in [7, 11) is 0. The molecule has 0 saturated carbocycles. The molecule has 1 saturated heterocycles. The summed E-state index contributed by atoms with van der Waals surface area (Å²) in [4.78, 5) is 11.9. The van der Waals surface area contributed by atoms with Crippen LogP contribution in [0.15, 0.2) is 41.3 Å². The summed E-state index contributed by atoms with van der Waals surface area (Å²) < 4.78 is 1.92. The lowest BCUT2D eigenvalue weighted by atomic mass is 10.1. The van der Waals surface area contributed by atoms with Crippen molar-refractivity contribution in [3.63, 3.8) is 0 Å². The zero-order chi connectivity index (χ0) is 12.4. The summed E-state index contributed by atoms with van der Waals surface area (Å²) in [5.41, 5.74) is 1.72. The van der Waals surface area contributed by atoms with E-state index in [-0.39, 0.29) is 5.56 Å². The number of hydrogen-bond donors (Lipinski definition) is 2. The molecule has 1 aromatic carbocycles. The highest BCUT2D eigenvalue weighted by Crippen LogP contribution is 2.15. The molecule has 0 aliphatic carbocycles. The van der Waals surface area contributed by atoms with Gasteiger partial charge in [0.25, 0.3) is 5.56 Å². The van der Waals surface area contributed by atoms with Crippen LogP contribution in [-0.4, -0.2) is 22.9 Å². The van der Waals surface area contributed by atoms with Gasteiger partial charge in [0.2, 0.25) is 0 Å². The maximum atomic E-state index is 11.9. The molecule has 94 valence electrons. The molecule has 2 heterocycles. The molecule has 1 aromatic heterocycles. The Balaban J connectivity index is 1.84. The first kappa shape index (κ1) is 11.3. The zero-order valence-electron chi connectivity index (χ0n) is 10.2. The van der Waals surface area contributed by atoms with Crippen LogP contribution in [0.1, 0.15) is 6.42 Å². The van der Waals surface area contributed by atoms with Crippen molar-refractivity contribution in [1.82, 2.24) is 15.1 Å². The van der Waals surface area contributed by atoms with Crippen LogP contribution in [0.25, 0.3) is 11.1 Å². The molecule has 1 atom stereocenters. The third-order valence-electron chi connectivity index (χ3n) is 3.48. The molecule has 2 aromatic rings. The van der Waals surface area contributed by atoms with Crippen molar-refractivity contribution in [1.29, 1.82) is 0 Å². The van der Waals surface area contributed by atoms with E-state index in [1.807, 2.05) is 41.2 Å². The summed E-state index contributed by atoms with van der Waals surface area (Å²) in [6.07, 6.45) is 3.11. The Morgan fingerprint density at radius 3 is 2.83 bits per heavy atom. The Hall–Kier alpha value is -1.81. The minimum absolute atomic E-state index is 0.00726. The standard InChI is InChI=1S/C14H17N3O/c18-14-13(12-4-2-1-3-5-12)10-17(16-14)9-11-6-7-15-8-11/h1-5,10-11,15H,6-9H2,(H,16,18). The Kier molecular flexibility index (Phi) is 3.02. The van der Waals surface area contributed by atoms with Gasteiger partial charge < -0.3 is 5.32 Å². The molecular weight excluding hydrogens is 226 g/mol. The SMILES string of the molecule is O=c1[nH]n(CC2CCNC2)cc1-c1ccccc1. The van der Waals surface area contributed by atoms with E-state index in [1.54, 1.807) is 0 Å². The van der Waals surface area contributed by atoms with E-state index in [1.165, 1.54) is 6.42 Å². The summed E-state index contributed by atoms with van der Waals surface area (Å²) in [5.74, 6) is 0.622. The lowest BCUT2D eigenvalue weighted by Gasteiger charge is -2.08. The first-order valence-corrected chi connectivity index (χ1v) is 6.38. The number of hydrogen-bond acceptors (Lipinski definition) is 2. The number of aromatic nitrogens is 2. The second-order valence-electron chi connectivity index (χ2n) is 4.86. The van der Waals surface area contributed by atoms with E-state index in [0.717, 1.165) is 30.8 Å². The van der Waals surface area contributed by atoms with Crippen molar-refractivity contribution < 1.29 is 0 Å². The maximum Gasteiger partial charge on any atom is 0.271 e. The molecule has 0 radical (unpaired) electrons. The Morgan fingerprint density at radius 1 is 1.28 bits per heavy atom. The minimum atomic E-state index is -0.00726. The molecule has 1 unspecified atom stereocenters. The maximum absolute atomic E-state index is 11.9. The average molecular weight is 243 g/mol. The molecule has 1 aliphatic rings. The van der Waals surface area contributed by atoms with Crippen molar-refractivity contribution in [3.8, 4) is 11.1 Å². The van der Waals surface area contributed by atoms with Crippen molar-refractivity contribution >= 4 is 0 Å². The number of benzene rings is 1. The highest BCUT2D eigenvalue weighted by molar-refractivity contribution is 5.61. The second-order valence-corrected chi connectivity index (χ2v) is 4.86. The molecule has 0 bridgehead atoms. The summed E-state index contributed by atoms with van der Waals surface area (Å²) in [6, 6.07) is 9.79. The van der Waals surface area contributed by atoms with Gasteiger partial charge in [-0.3, -0.25) is 14.6 Å². The van der Waals surface area contributed by atoms with Crippen LogP contribution in [-0.2, 0) is 6.54 Å². The summed E-state index contributed by atoms with van der Waals surface area (Å²) in [6.45, 7) is 3.01. The minimum Gasteiger partial charge on any atom is -0.316 e. The van der Waals surface area contributed by atoms with E-state index in [2.05, 4.69) is 10.4 Å². The Bertz CT molecular complexity index is 564. The van der Waals surface area contributed by atoms with Gasteiger partial charge in [-0.15, -0.1) is 0 Å². The lowest BCUT2D eigenvalue weighted by Crippen LogP contribution is -2.16. The van der Waals surface area contributed by atoms with E-state index in [4.69, 9.17) is 0 Å². The topological polar surface area (TPSA) is 49.8 Å². The molecule has 2 N–H and O–H groups in total. The number of aromatic amines is 1. The molecule has 4 heteroatoms. The van der Waals surface area contributed by atoms with Crippen LogP contribution in [0.2, 0.25) is 0 Å². The molecular formula is C14H17N3O. The molecule has 0 amide bonds. The second kappa shape index (κ2) is 4.82. The van der Waals surface area contributed by atoms with Crippen molar-refractivity contribution in [3.05, 3.63) is 46.9 Å². The fourth-order valence-corrected chi connectivity index (χ4v) is 2.51. The van der Waals surface area contributed by atoms with Crippen LogP contribution >= 0.6 is 0 Å². The molecule has 4 nitrogen and oxygen atoms in total. The number of nitrogens with one attached hydrogen (secondary N) is 2. The zero-order valence-corrected chi connectivity index (χ0v) is 10.2. The van der Waals surface area contributed by atoms with Gasteiger partial charge >= 0.3 is 0 Å². The Labute approximate surface area is 106 Å². The molecule has 3 rings (SSSR count). The summed E-state index contributed by atoms with van der Waals surface area (Å²) in [5, 5.41) is 6.24. The molecule has 18 heavy (non-hydrogen) atoms. The van der Waals surface area contributed by atoms with Gasteiger partial charge in [0.05, 0.1) is 5.56 Å². The van der Waals surface area contributed by atoms with E-state index in [0.29, 0.717) is 5.92 Å². The highest BCUT2D eigenvalue weighted by atomic mass is 16.1. The predicted molar refractivity (Wildman–Crippen MR) is 71.5 cm³/mol. The van der Waals surface area contributed by atoms with Crippen LogP contribution in [0.5, 0.6) is 0 Å². The van der Waals surface area contributed by atoms with Crippen LogP contribution in [0, 0.1) is 5.92 Å². The highest BCUT2D eigenvalue weighted by Gasteiger charge is 2.16. The number of nitrogens with zero attached hydrogens (tertiary/aromatic N) is 1. The van der Waals surface area contributed by atoms with Gasteiger partial charge in [-0.25, -0.2) is 0 Å². The van der Waals surface area contributed by atoms with Gasteiger partial charge in [0.1, 0.15) is 0 Å². The van der Waals surface area contributed by atoms with Gasteiger partial charge in [0.15, 0.2) is 0 Å². The molecule has 1 fully saturated rings. The van der Waals surface area contributed by atoms with E-state index >= 15 is 0 Å². The van der Waals surface area contributed by atoms with Crippen molar-refractivity contribution in [2.45, 2.75) is 13.0 Å². The largest absolute Gasteiger partial charge is 0.316 e. The van der Waals surface area contributed by atoms with E-state index < -0.39 is 0 Å². The fourth-order valence-electron chi connectivity index (χ4n) is 2.51. The fraction of sp³-hybridized carbons (Fsp3) is 0.357. The number of rotatable bonds is 3. The predicted octanol–water partition coefficient (Wildman–Crippen LogP) is 1.45. The average Bonchev–Trinajstić information content (AvgIpc) is 3.01. The van der Waals surface area contributed by atoms with Crippen LogP contribution in [0.3, 0.4) is 0 Å². The summed E-state index contributed by atoms with van der Waals surface area (Å²) >= 11 is 0. The van der Waals surface area contributed by atoms with Gasteiger partial charge in [0, 0.05) is 12.7 Å². The van der Waals surface area contributed by atoms with E-state index in [9.17, 15) is 4.79 Å². The molecule has 0 spiro atoms. The first-order valence-electron chi connectivity index (χ1n) is 6.38. The third kappa shape index (κ3) is 2.24.